The smallest absolute Gasteiger partial charge is 0.253 e. The van der Waals surface area contributed by atoms with Crippen molar-refractivity contribution >= 4 is 11.7 Å². The first-order chi connectivity index (χ1) is 14.1. The molecule has 6 heteroatoms. The van der Waals surface area contributed by atoms with Gasteiger partial charge in [0.1, 0.15) is 17.7 Å². The number of benzene rings is 1. The average Bonchev–Trinajstić information content (AvgIpc) is 3.31. The van der Waals surface area contributed by atoms with E-state index in [1.54, 1.807) is 7.11 Å². The van der Waals surface area contributed by atoms with E-state index in [1.165, 1.54) is 11.1 Å². The zero-order chi connectivity index (χ0) is 20.0. The third-order valence-electron chi connectivity index (χ3n) is 6.38. The maximum atomic E-state index is 11.8. The predicted octanol–water partition coefficient (Wildman–Crippen LogP) is 2.79. The number of aryl methyl sites for hydroxylation is 1. The van der Waals surface area contributed by atoms with Gasteiger partial charge < -0.3 is 19.7 Å². The van der Waals surface area contributed by atoms with Crippen LogP contribution in [0.5, 0.6) is 5.75 Å². The zero-order valence-corrected chi connectivity index (χ0v) is 17.0. The number of rotatable bonds is 4. The van der Waals surface area contributed by atoms with Crippen LogP contribution in [0.2, 0.25) is 0 Å². The maximum Gasteiger partial charge on any atom is 0.253 e. The molecule has 1 atom stereocenters. The van der Waals surface area contributed by atoms with Gasteiger partial charge in [-0.1, -0.05) is 6.07 Å². The predicted molar refractivity (Wildman–Crippen MR) is 111 cm³/mol. The van der Waals surface area contributed by atoms with Crippen LogP contribution < -0.4 is 15.0 Å². The van der Waals surface area contributed by atoms with Crippen LogP contribution in [-0.4, -0.2) is 43.3 Å². The number of amides is 1. The van der Waals surface area contributed by atoms with Crippen LogP contribution in [0, 0.1) is 6.92 Å². The monoisotopic (exact) mass is 393 g/mol. The first kappa shape index (κ1) is 18.4. The molecule has 1 fully saturated rings. The fraction of sp³-hybridized carbons (Fsp3) is 0.478. The summed E-state index contributed by atoms with van der Waals surface area (Å²) >= 11 is 0. The van der Waals surface area contributed by atoms with Crippen molar-refractivity contribution < 1.29 is 14.3 Å². The number of aromatic nitrogens is 1. The Kier molecular flexibility index (Phi) is 4.66. The van der Waals surface area contributed by atoms with Crippen molar-refractivity contribution in [3.8, 4) is 5.75 Å². The van der Waals surface area contributed by atoms with Crippen molar-refractivity contribution in [2.45, 2.75) is 51.4 Å². The fourth-order valence-electron chi connectivity index (χ4n) is 4.72. The Labute approximate surface area is 171 Å². The van der Waals surface area contributed by atoms with E-state index in [2.05, 4.69) is 28.4 Å². The van der Waals surface area contributed by atoms with Gasteiger partial charge in [-0.05, 0) is 54.7 Å². The number of pyridine rings is 1. The highest BCUT2D eigenvalue weighted by atomic mass is 16.5. The third kappa shape index (κ3) is 3.46. The van der Waals surface area contributed by atoms with E-state index in [-0.39, 0.29) is 12.0 Å². The van der Waals surface area contributed by atoms with Gasteiger partial charge in [0.25, 0.3) is 5.91 Å². The molecule has 152 valence electrons. The minimum Gasteiger partial charge on any atom is -0.490 e. The summed E-state index contributed by atoms with van der Waals surface area (Å²) in [6.07, 6.45) is 4.43. The summed E-state index contributed by atoms with van der Waals surface area (Å²) in [6, 6.07) is 8.45. The maximum absolute atomic E-state index is 11.8. The molecule has 2 aromatic rings. The molecule has 6 nitrogen and oxygen atoms in total. The molecule has 0 bridgehead atoms. The zero-order valence-electron chi connectivity index (χ0n) is 17.0. The molecule has 0 saturated carbocycles. The minimum atomic E-state index is -0.0135. The average molecular weight is 393 g/mol. The second kappa shape index (κ2) is 7.34. The number of ether oxygens (including phenoxy) is 2. The Morgan fingerprint density at radius 2 is 1.90 bits per heavy atom. The summed E-state index contributed by atoms with van der Waals surface area (Å²) in [5, 5.41) is 2.85. The molecule has 2 aliphatic heterocycles. The van der Waals surface area contributed by atoms with Crippen molar-refractivity contribution in [3.05, 3.63) is 52.2 Å². The number of carbonyl (C=O) groups excluding carboxylic acids is 1. The molecule has 3 aliphatic rings. The Bertz CT molecular complexity index is 951. The molecule has 1 N–H and O–H groups in total. The molecule has 0 unspecified atom stereocenters. The molecule has 0 radical (unpaired) electrons. The molecule has 1 aromatic heterocycles. The SMILES string of the molecule is CO[C@H]1Cc2ccc(OC3CCN(c4nc5c(cc4C)C(=O)NC5)CC3)cc2C1. The number of hydrogen-bond acceptors (Lipinski definition) is 5. The van der Waals surface area contributed by atoms with Crippen molar-refractivity contribution in [2.24, 2.45) is 0 Å². The molecule has 5 rings (SSSR count). The number of methoxy groups -OCH3 is 1. The molecule has 1 aromatic carbocycles. The number of carbonyl (C=O) groups is 1. The number of nitrogens with zero attached hydrogens (tertiary/aromatic N) is 2. The molecule has 1 amide bonds. The van der Waals surface area contributed by atoms with Crippen molar-refractivity contribution in [1.82, 2.24) is 10.3 Å². The lowest BCUT2D eigenvalue weighted by atomic mass is 10.1. The van der Waals surface area contributed by atoms with Gasteiger partial charge in [0.2, 0.25) is 0 Å². The molecule has 3 heterocycles. The second-order valence-corrected chi connectivity index (χ2v) is 8.31. The largest absolute Gasteiger partial charge is 0.490 e. The van der Waals surface area contributed by atoms with Crippen LogP contribution >= 0.6 is 0 Å². The topological polar surface area (TPSA) is 63.7 Å². The van der Waals surface area contributed by atoms with E-state index >= 15 is 0 Å². The molecule has 1 saturated heterocycles. The minimum absolute atomic E-state index is 0.0135. The lowest BCUT2D eigenvalue weighted by Gasteiger charge is -2.34. The molecular formula is C23H27N3O3. The van der Waals surface area contributed by atoms with Crippen molar-refractivity contribution in [1.29, 1.82) is 0 Å². The van der Waals surface area contributed by atoms with Crippen molar-refractivity contribution in [3.63, 3.8) is 0 Å². The van der Waals surface area contributed by atoms with E-state index in [0.29, 0.717) is 12.6 Å². The van der Waals surface area contributed by atoms with Crippen LogP contribution in [0.4, 0.5) is 5.82 Å². The summed E-state index contributed by atoms with van der Waals surface area (Å²) in [7, 11) is 1.79. The van der Waals surface area contributed by atoms with E-state index in [4.69, 9.17) is 14.5 Å². The third-order valence-corrected chi connectivity index (χ3v) is 6.38. The Balaban J connectivity index is 1.22. The molecular weight excluding hydrogens is 366 g/mol. The summed E-state index contributed by atoms with van der Waals surface area (Å²) < 4.78 is 11.8. The Morgan fingerprint density at radius 1 is 1.10 bits per heavy atom. The van der Waals surface area contributed by atoms with Crippen LogP contribution in [0.3, 0.4) is 0 Å². The van der Waals surface area contributed by atoms with Crippen molar-refractivity contribution in [2.75, 3.05) is 25.1 Å². The van der Waals surface area contributed by atoms with Gasteiger partial charge in [-0.15, -0.1) is 0 Å². The highest BCUT2D eigenvalue weighted by Gasteiger charge is 2.27. The summed E-state index contributed by atoms with van der Waals surface area (Å²) in [4.78, 5) is 18.9. The highest BCUT2D eigenvalue weighted by Crippen LogP contribution is 2.30. The first-order valence-electron chi connectivity index (χ1n) is 10.5. The number of nitrogens with one attached hydrogen (secondary N) is 1. The lowest BCUT2D eigenvalue weighted by molar-refractivity contribution is 0.0965. The Morgan fingerprint density at radius 3 is 2.69 bits per heavy atom. The van der Waals surface area contributed by atoms with E-state index in [1.807, 2.05) is 13.0 Å². The van der Waals surface area contributed by atoms with Gasteiger partial charge in [-0.3, -0.25) is 4.79 Å². The summed E-state index contributed by atoms with van der Waals surface area (Å²) in [5.74, 6) is 1.96. The Hall–Kier alpha value is -2.60. The summed E-state index contributed by atoms with van der Waals surface area (Å²) in [5.41, 5.74) is 5.38. The highest BCUT2D eigenvalue weighted by molar-refractivity contribution is 5.98. The number of piperidine rings is 1. The van der Waals surface area contributed by atoms with Gasteiger partial charge >= 0.3 is 0 Å². The number of fused-ring (bicyclic) bond motifs is 2. The van der Waals surface area contributed by atoms with Crippen LogP contribution in [0.15, 0.2) is 24.3 Å². The normalized spacial score (nSPS) is 21.1. The molecule has 29 heavy (non-hydrogen) atoms. The van der Waals surface area contributed by atoms with Gasteiger partial charge in [0.05, 0.1) is 23.9 Å². The van der Waals surface area contributed by atoms with Crippen LogP contribution in [-0.2, 0) is 24.1 Å². The van der Waals surface area contributed by atoms with Gasteiger partial charge in [-0.2, -0.15) is 0 Å². The lowest BCUT2D eigenvalue weighted by Crippen LogP contribution is -2.39. The summed E-state index contributed by atoms with van der Waals surface area (Å²) in [6.45, 7) is 4.39. The number of hydrogen-bond donors (Lipinski definition) is 1. The standard InChI is InChI=1S/C23H27N3O3/c1-14-9-20-21(13-24-23(20)27)25-22(14)26-7-5-17(6-8-26)29-18-4-3-15-10-19(28-2)12-16(15)11-18/h3-4,9,11,17,19H,5-8,10,12-13H2,1-2H3,(H,24,27)/t19-/m0/s1. The quantitative estimate of drug-likeness (QED) is 0.865. The fourth-order valence-corrected chi connectivity index (χ4v) is 4.72. The second-order valence-electron chi connectivity index (χ2n) is 8.31. The first-order valence-corrected chi connectivity index (χ1v) is 10.5. The number of anilines is 1. The van der Waals surface area contributed by atoms with Crippen LogP contribution in [0.1, 0.15) is 45.6 Å². The molecule has 0 spiro atoms. The van der Waals surface area contributed by atoms with Gasteiger partial charge in [0, 0.05) is 33.0 Å². The van der Waals surface area contributed by atoms with Crippen LogP contribution in [0.25, 0.3) is 0 Å². The van der Waals surface area contributed by atoms with E-state index in [9.17, 15) is 4.79 Å². The van der Waals surface area contributed by atoms with Gasteiger partial charge in [-0.25, -0.2) is 4.98 Å². The van der Waals surface area contributed by atoms with Gasteiger partial charge in [0.15, 0.2) is 0 Å². The van der Waals surface area contributed by atoms with E-state index in [0.717, 1.165) is 67.2 Å². The molecule has 1 aliphatic carbocycles. The van der Waals surface area contributed by atoms with E-state index < -0.39 is 0 Å².